The van der Waals surface area contributed by atoms with Gasteiger partial charge in [0.15, 0.2) is 0 Å². The zero-order valence-corrected chi connectivity index (χ0v) is 20.5. The van der Waals surface area contributed by atoms with Crippen molar-refractivity contribution in [3.63, 3.8) is 0 Å². The Balaban J connectivity index is 1.32. The number of piperidine rings is 1. The van der Waals surface area contributed by atoms with E-state index >= 15 is 0 Å². The first-order valence-corrected chi connectivity index (χ1v) is 12.4. The van der Waals surface area contributed by atoms with Gasteiger partial charge in [0.05, 0.1) is 11.7 Å². The van der Waals surface area contributed by atoms with Crippen molar-refractivity contribution < 1.29 is 14.2 Å². The lowest BCUT2D eigenvalue weighted by Gasteiger charge is -2.51. The molecule has 0 spiro atoms. The summed E-state index contributed by atoms with van der Waals surface area (Å²) in [6, 6.07) is 14.4. The van der Waals surface area contributed by atoms with Crippen LogP contribution in [0.5, 0.6) is 0 Å². The minimum absolute atomic E-state index is 0.130. The van der Waals surface area contributed by atoms with E-state index < -0.39 is 5.60 Å². The van der Waals surface area contributed by atoms with Crippen LogP contribution < -0.4 is 0 Å². The number of benzene rings is 2. The lowest BCUT2D eigenvalue weighted by molar-refractivity contribution is -0.126. The number of hydrogen-bond acceptors (Lipinski definition) is 4. The predicted octanol–water partition coefficient (Wildman–Crippen LogP) is 4.73. The second-order valence-electron chi connectivity index (χ2n) is 10.3. The van der Waals surface area contributed by atoms with Gasteiger partial charge in [-0.1, -0.05) is 49.7 Å². The highest BCUT2D eigenvalue weighted by Crippen LogP contribution is 2.46. The quantitative estimate of drug-likeness (QED) is 0.656. The molecule has 0 amide bonds. The van der Waals surface area contributed by atoms with Gasteiger partial charge in [-0.3, -0.25) is 4.90 Å². The third kappa shape index (κ3) is 5.95. The van der Waals surface area contributed by atoms with Gasteiger partial charge in [0, 0.05) is 56.3 Å². The first-order chi connectivity index (χ1) is 15.7. The fourth-order valence-corrected chi connectivity index (χ4v) is 5.47. The lowest BCUT2D eigenvalue weighted by Crippen LogP contribution is -2.56. The molecule has 0 bridgehead atoms. The SMILES string of the molecule is CC1(C)CN(CCN2CCCO[C@@H](Cc3ccc(F)cc3)C2)CC[C@@]1(O)c1ccc(Cl)cc1. The molecule has 2 aromatic carbocycles. The van der Waals surface area contributed by atoms with Crippen molar-refractivity contribution in [1.82, 2.24) is 9.80 Å². The molecule has 2 fully saturated rings. The summed E-state index contributed by atoms with van der Waals surface area (Å²) in [7, 11) is 0. The largest absolute Gasteiger partial charge is 0.385 e. The Kier molecular flexibility index (Phi) is 7.76. The number of rotatable bonds is 6. The van der Waals surface area contributed by atoms with Gasteiger partial charge in [0.1, 0.15) is 5.82 Å². The third-order valence-electron chi connectivity index (χ3n) is 7.39. The van der Waals surface area contributed by atoms with Crippen molar-refractivity contribution in [3.05, 3.63) is 70.5 Å². The number of likely N-dealkylation sites (tertiary alicyclic amines) is 1. The van der Waals surface area contributed by atoms with E-state index in [0.717, 1.165) is 69.8 Å². The Labute approximate surface area is 202 Å². The summed E-state index contributed by atoms with van der Waals surface area (Å²) >= 11 is 6.06. The molecule has 0 radical (unpaired) electrons. The highest BCUT2D eigenvalue weighted by molar-refractivity contribution is 6.30. The maximum Gasteiger partial charge on any atom is 0.123 e. The van der Waals surface area contributed by atoms with Gasteiger partial charge in [-0.15, -0.1) is 0 Å². The zero-order valence-electron chi connectivity index (χ0n) is 19.8. The summed E-state index contributed by atoms with van der Waals surface area (Å²) in [5.74, 6) is -0.199. The Morgan fingerprint density at radius 2 is 1.73 bits per heavy atom. The fraction of sp³-hybridized carbons (Fsp3) is 0.556. The minimum atomic E-state index is -0.856. The van der Waals surface area contributed by atoms with E-state index in [-0.39, 0.29) is 17.3 Å². The van der Waals surface area contributed by atoms with E-state index in [4.69, 9.17) is 16.3 Å². The molecule has 0 aliphatic carbocycles. The number of nitrogens with zero attached hydrogens (tertiary/aromatic N) is 2. The van der Waals surface area contributed by atoms with Crippen LogP contribution in [0.1, 0.15) is 37.8 Å². The molecule has 2 heterocycles. The molecule has 4 nitrogen and oxygen atoms in total. The summed E-state index contributed by atoms with van der Waals surface area (Å²) in [5.41, 5.74) is 0.934. The fourth-order valence-electron chi connectivity index (χ4n) is 5.34. The van der Waals surface area contributed by atoms with Gasteiger partial charge in [-0.25, -0.2) is 4.39 Å². The van der Waals surface area contributed by atoms with Gasteiger partial charge < -0.3 is 14.7 Å². The zero-order chi connectivity index (χ0) is 23.5. The van der Waals surface area contributed by atoms with Gasteiger partial charge in [-0.2, -0.15) is 0 Å². The molecular weight excluding hydrogens is 439 g/mol. The van der Waals surface area contributed by atoms with Crippen molar-refractivity contribution in [1.29, 1.82) is 0 Å². The molecule has 2 aromatic rings. The molecule has 0 saturated carbocycles. The van der Waals surface area contributed by atoms with E-state index in [1.807, 2.05) is 36.4 Å². The van der Waals surface area contributed by atoms with E-state index in [0.29, 0.717) is 11.4 Å². The Morgan fingerprint density at radius 3 is 2.42 bits per heavy atom. The van der Waals surface area contributed by atoms with Crippen LogP contribution in [0.2, 0.25) is 5.02 Å². The third-order valence-corrected chi connectivity index (χ3v) is 7.65. The van der Waals surface area contributed by atoms with Gasteiger partial charge >= 0.3 is 0 Å². The van der Waals surface area contributed by atoms with Gasteiger partial charge in [0.2, 0.25) is 0 Å². The van der Waals surface area contributed by atoms with Crippen LogP contribution in [0.4, 0.5) is 4.39 Å². The average Bonchev–Trinajstić information content (AvgIpc) is 3.01. The molecule has 33 heavy (non-hydrogen) atoms. The van der Waals surface area contributed by atoms with Crippen molar-refractivity contribution >= 4 is 11.6 Å². The van der Waals surface area contributed by atoms with Crippen LogP contribution in [0, 0.1) is 11.2 Å². The van der Waals surface area contributed by atoms with E-state index in [1.54, 1.807) is 0 Å². The number of ether oxygens (including phenoxy) is 1. The molecular formula is C27H36ClFN2O2. The van der Waals surface area contributed by atoms with Crippen LogP contribution in [-0.2, 0) is 16.8 Å². The van der Waals surface area contributed by atoms with Crippen LogP contribution in [0.3, 0.4) is 0 Å². The van der Waals surface area contributed by atoms with Crippen molar-refractivity contribution in [2.75, 3.05) is 45.9 Å². The van der Waals surface area contributed by atoms with E-state index in [9.17, 15) is 9.50 Å². The van der Waals surface area contributed by atoms with Crippen molar-refractivity contribution in [3.8, 4) is 0 Å². The van der Waals surface area contributed by atoms with E-state index in [2.05, 4.69) is 23.6 Å². The molecule has 2 aliphatic heterocycles. The van der Waals surface area contributed by atoms with Crippen LogP contribution >= 0.6 is 11.6 Å². The highest BCUT2D eigenvalue weighted by atomic mass is 35.5. The normalized spacial score (nSPS) is 26.8. The minimum Gasteiger partial charge on any atom is -0.385 e. The average molecular weight is 475 g/mol. The van der Waals surface area contributed by atoms with Crippen LogP contribution in [0.15, 0.2) is 48.5 Å². The molecule has 1 N–H and O–H groups in total. The number of halogens is 2. The summed E-state index contributed by atoms with van der Waals surface area (Å²) < 4.78 is 19.3. The molecule has 2 aliphatic rings. The molecule has 2 saturated heterocycles. The molecule has 6 heteroatoms. The predicted molar refractivity (Wildman–Crippen MR) is 131 cm³/mol. The second kappa shape index (κ2) is 10.4. The Morgan fingerprint density at radius 1 is 1.03 bits per heavy atom. The van der Waals surface area contributed by atoms with Crippen LogP contribution in [0.25, 0.3) is 0 Å². The lowest BCUT2D eigenvalue weighted by atomic mass is 9.66. The molecule has 4 rings (SSSR count). The maximum atomic E-state index is 13.2. The van der Waals surface area contributed by atoms with Crippen molar-refractivity contribution in [2.45, 2.75) is 44.8 Å². The summed E-state index contributed by atoms with van der Waals surface area (Å²) in [4.78, 5) is 4.97. The molecule has 0 aromatic heterocycles. The molecule has 0 unspecified atom stereocenters. The first-order valence-electron chi connectivity index (χ1n) is 12.0. The first kappa shape index (κ1) is 24.6. The monoisotopic (exact) mass is 474 g/mol. The Hall–Kier alpha value is -1.50. The molecule has 180 valence electrons. The van der Waals surface area contributed by atoms with Gasteiger partial charge in [-0.05, 0) is 54.7 Å². The van der Waals surface area contributed by atoms with Crippen LogP contribution in [-0.4, -0.2) is 66.9 Å². The summed E-state index contributed by atoms with van der Waals surface area (Å²) in [5, 5.41) is 12.3. The highest BCUT2D eigenvalue weighted by Gasteiger charge is 2.48. The smallest absolute Gasteiger partial charge is 0.123 e. The maximum absolute atomic E-state index is 13.2. The number of hydrogen-bond donors (Lipinski definition) is 1. The standard InChI is InChI=1S/C27H36ClFN2O2/c1-26(2)20-31(14-12-27(26,32)22-6-8-23(28)9-7-22)16-15-30-13-3-17-33-25(19-30)18-21-4-10-24(29)11-5-21/h4-11,25,32H,3,12-20H2,1-2H3/t25-,27+/m0/s1. The summed E-state index contributed by atoms with van der Waals surface area (Å²) in [6.45, 7) is 10.7. The number of aliphatic hydroxyl groups is 1. The molecule has 2 atom stereocenters. The topological polar surface area (TPSA) is 35.9 Å². The summed E-state index contributed by atoms with van der Waals surface area (Å²) in [6.07, 6.45) is 2.67. The van der Waals surface area contributed by atoms with Crippen molar-refractivity contribution in [2.24, 2.45) is 5.41 Å². The van der Waals surface area contributed by atoms with Gasteiger partial charge in [0.25, 0.3) is 0 Å². The Bertz CT molecular complexity index is 905. The second-order valence-corrected chi connectivity index (χ2v) is 10.7. The van der Waals surface area contributed by atoms with E-state index in [1.165, 1.54) is 12.1 Å².